The summed E-state index contributed by atoms with van der Waals surface area (Å²) in [7, 11) is -9.91. The van der Waals surface area contributed by atoms with Crippen LogP contribution in [-0.4, -0.2) is 96.7 Å². The van der Waals surface area contributed by atoms with E-state index < -0.39 is 97.5 Å². The third-order valence-corrected chi connectivity index (χ3v) is 18.5. The summed E-state index contributed by atoms with van der Waals surface area (Å²) in [5.74, 6) is 0.868. The number of aliphatic hydroxyl groups is 1. The Morgan fingerprint density at radius 1 is 0.275 bits per heavy atom. The maximum atomic E-state index is 13.0. The van der Waals surface area contributed by atoms with Crippen molar-refractivity contribution in [3.63, 3.8) is 0 Å². The summed E-state index contributed by atoms with van der Waals surface area (Å²) in [6.45, 7) is 14.1. The zero-order valence-corrected chi connectivity index (χ0v) is 61.3. The molecule has 0 radical (unpaired) electrons. The topological polar surface area (TPSA) is 237 Å². The van der Waals surface area contributed by atoms with E-state index in [1.54, 1.807) is 0 Å². The summed E-state index contributed by atoms with van der Waals surface area (Å²) in [5.41, 5.74) is 0. The summed E-state index contributed by atoms with van der Waals surface area (Å²) in [4.78, 5) is 72.6. The maximum Gasteiger partial charge on any atom is 0.472 e. The molecule has 0 saturated carbocycles. The van der Waals surface area contributed by atoms with Gasteiger partial charge in [0.25, 0.3) is 0 Å². The molecule has 0 amide bonds. The van der Waals surface area contributed by atoms with Crippen LogP contribution in [0.3, 0.4) is 0 Å². The van der Waals surface area contributed by atoms with E-state index in [1.807, 2.05) is 0 Å². The van der Waals surface area contributed by atoms with Crippen LogP contribution in [0.25, 0.3) is 0 Å². The maximum absolute atomic E-state index is 13.0. The highest BCUT2D eigenvalue weighted by Gasteiger charge is 2.30. The Hall–Kier alpha value is -1.94. The molecule has 19 heteroatoms. The molecular weight excluding hydrogens is 1200 g/mol. The Balaban J connectivity index is 5.26. The first-order chi connectivity index (χ1) is 43.6. The first kappa shape index (κ1) is 89.1. The summed E-state index contributed by atoms with van der Waals surface area (Å²) in [6.07, 6.45) is 44.4. The number of phosphoric acid groups is 2. The predicted molar refractivity (Wildman–Crippen MR) is 367 cm³/mol. The van der Waals surface area contributed by atoms with Crippen molar-refractivity contribution >= 4 is 39.5 Å². The third kappa shape index (κ3) is 66.5. The molecule has 0 aromatic rings. The smallest absolute Gasteiger partial charge is 0.462 e. The van der Waals surface area contributed by atoms with Crippen LogP contribution in [0.4, 0.5) is 0 Å². The highest BCUT2D eigenvalue weighted by atomic mass is 31.2. The van der Waals surface area contributed by atoms with Crippen LogP contribution in [0.1, 0.15) is 357 Å². The number of esters is 4. The van der Waals surface area contributed by atoms with Crippen molar-refractivity contribution in [3.05, 3.63) is 0 Å². The number of ether oxygens (including phenoxy) is 4. The normalized spacial score (nSPS) is 14.2. The first-order valence-corrected chi connectivity index (χ1v) is 40.2. The fraction of sp³-hybridized carbons (Fsp3) is 0.944. The van der Waals surface area contributed by atoms with Gasteiger partial charge in [0.1, 0.15) is 19.3 Å². The van der Waals surface area contributed by atoms with Gasteiger partial charge in [0.2, 0.25) is 0 Å². The van der Waals surface area contributed by atoms with Gasteiger partial charge in [-0.2, -0.15) is 0 Å². The van der Waals surface area contributed by atoms with Crippen molar-refractivity contribution in [3.8, 4) is 0 Å². The van der Waals surface area contributed by atoms with Crippen molar-refractivity contribution in [2.75, 3.05) is 39.6 Å². The van der Waals surface area contributed by atoms with Gasteiger partial charge in [0, 0.05) is 25.7 Å². The molecule has 0 fully saturated rings. The van der Waals surface area contributed by atoms with E-state index in [-0.39, 0.29) is 25.7 Å². The highest BCUT2D eigenvalue weighted by molar-refractivity contribution is 7.47. The van der Waals surface area contributed by atoms with Gasteiger partial charge in [-0.1, -0.05) is 306 Å². The standard InChI is InChI=1S/C72H140O17P2/c1-62(2)48-40-32-24-16-12-9-10-14-18-30-38-46-54-71(76)88-67(58-82-69(74)52-44-36-28-22-20-26-34-42-50-64(5)6)60-86-90(78,79)84-56-66(73)57-85-91(80,81)87-61-68(59-83-70(75)53-45-37-29-23-21-27-35-43-51-65(7)8)89-72(77)55-47-39-31-19-15-11-13-17-25-33-41-49-63(3)4/h62-68,73H,9-61H2,1-8H3,(H,78,79)(H,80,81)/t66?,67-,68-/m1/s1. The SMILES string of the molecule is CC(C)CCCCCCCCCCCCCCC(=O)O[C@H](COC(=O)CCCCCCCCCCC(C)C)COP(=O)(O)OCC(O)COP(=O)(O)OC[C@@H](COC(=O)CCCCCCCCCCC(C)C)OC(=O)CCCCCCCCCCCCCC(C)C. The Labute approximate surface area is 556 Å². The van der Waals surface area contributed by atoms with E-state index in [9.17, 15) is 43.2 Å². The average molecular weight is 1340 g/mol. The average Bonchev–Trinajstić information content (AvgIpc) is 3.71. The molecule has 3 unspecified atom stereocenters. The molecule has 0 aliphatic rings. The van der Waals surface area contributed by atoms with Gasteiger partial charge in [-0.25, -0.2) is 9.13 Å². The van der Waals surface area contributed by atoms with E-state index in [2.05, 4.69) is 55.4 Å². The van der Waals surface area contributed by atoms with Gasteiger partial charge < -0.3 is 33.8 Å². The summed E-state index contributed by atoms with van der Waals surface area (Å²) >= 11 is 0. The lowest BCUT2D eigenvalue weighted by molar-refractivity contribution is -0.161. The summed E-state index contributed by atoms with van der Waals surface area (Å²) < 4.78 is 68.4. The first-order valence-electron chi connectivity index (χ1n) is 37.2. The molecule has 0 aliphatic carbocycles. The molecule has 91 heavy (non-hydrogen) atoms. The minimum atomic E-state index is -4.95. The van der Waals surface area contributed by atoms with E-state index in [4.69, 9.17) is 37.0 Å². The van der Waals surface area contributed by atoms with Crippen LogP contribution in [0.2, 0.25) is 0 Å². The monoisotopic (exact) mass is 1340 g/mol. The Kier molecular flexibility index (Phi) is 60.3. The molecule has 0 aromatic carbocycles. The van der Waals surface area contributed by atoms with Crippen molar-refractivity contribution in [2.24, 2.45) is 23.7 Å². The zero-order valence-electron chi connectivity index (χ0n) is 59.5. The number of hydrogen-bond acceptors (Lipinski definition) is 15. The predicted octanol–water partition coefficient (Wildman–Crippen LogP) is 20.5. The van der Waals surface area contributed by atoms with Gasteiger partial charge >= 0.3 is 39.5 Å². The number of phosphoric ester groups is 2. The Morgan fingerprint density at radius 3 is 0.681 bits per heavy atom. The third-order valence-electron chi connectivity index (χ3n) is 16.6. The lowest BCUT2D eigenvalue weighted by Crippen LogP contribution is -2.30. The second-order valence-electron chi connectivity index (χ2n) is 27.9. The van der Waals surface area contributed by atoms with Gasteiger partial charge in [-0.3, -0.25) is 37.3 Å². The van der Waals surface area contributed by atoms with Crippen LogP contribution in [0.15, 0.2) is 0 Å². The second kappa shape index (κ2) is 61.6. The summed E-state index contributed by atoms with van der Waals surface area (Å²) in [6, 6.07) is 0. The van der Waals surface area contributed by atoms with Gasteiger partial charge in [0.15, 0.2) is 12.2 Å². The van der Waals surface area contributed by atoms with Crippen LogP contribution >= 0.6 is 15.6 Å². The van der Waals surface area contributed by atoms with Crippen LogP contribution in [0, 0.1) is 23.7 Å². The number of carbonyl (C=O) groups is 4. The zero-order chi connectivity index (χ0) is 67.5. The van der Waals surface area contributed by atoms with Crippen molar-refractivity contribution in [1.82, 2.24) is 0 Å². The second-order valence-corrected chi connectivity index (χ2v) is 30.8. The van der Waals surface area contributed by atoms with Crippen LogP contribution in [0.5, 0.6) is 0 Å². The van der Waals surface area contributed by atoms with Gasteiger partial charge in [0.05, 0.1) is 26.4 Å². The molecule has 0 bridgehead atoms. The van der Waals surface area contributed by atoms with Gasteiger partial charge in [-0.05, 0) is 49.4 Å². The lowest BCUT2D eigenvalue weighted by atomic mass is 10.0. The number of unbranched alkanes of at least 4 members (excludes halogenated alkanes) is 35. The summed E-state index contributed by atoms with van der Waals surface area (Å²) in [5, 5.41) is 10.6. The molecule has 5 atom stereocenters. The van der Waals surface area contributed by atoms with Crippen LogP contribution in [-0.2, 0) is 65.4 Å². The van der Waals surface area contributed by atoms with Crippen molar-refractivity contribution < 1.29 is 80.2 Å². The molecular formula is C72H140O17P2. The van der Waals surface area contributed by atoms with Crippen molar-refractivity contribution in [1.29, 1.82) is 0 Å². The minimum Gasteiger partial charge on any atom is -0.462 e. The molecule has 0 heterocycles. The van der Waals surface area contributed by atoms with E-state index in [0.29, 0.717) is 25.7 Å². The highest BCUT2D eigenvalue weighted by Crippen LogP contribution is 2.45. The fourth-order valence-corrected chi connectivity index (χ4v) is 12.4. The number of aliphatic hydroxyl groups excluding tert-OH is 1. The number of carbonyl (C=O) groups excluding carboxylic acids is 4. The molecule has 0 aromatic heterocycles. The molecule has 540 valence electrons. The molecule has 17 nitrogen and oxygen atoms in total. The number of hydrogen-bond donors (Lipinski definition) is 3. The minimum absolute atomic E-state index is 0.105. The number of rotatable bonds is 69. The molecule has 0 saturated heterocycles. The van der Waals surface area contributed by atoms with E-state index in [0.717, 1.165) is 114 Å². The van der Waals surface area contributed by atoms with E-state index >= 15 is 0 Å². The Bertz CT molecular complexity index is 1800. The molecule has 3 N–H and O–H groups in total. The quantitative estimate of drug-likeness (QED) is 0.0222. The Morgan fingerprint density at radius 2 is 0.462 bits per heavy atom. The van der Waals surface area contributed by atoms with Crippen molar-refractivity contribution in [2.45, 2.75) is 375 Å². The van der Waals surface area contributed by atoms with Gasteiger partial charge in [-0.15, -0.1) is 0 Å². The largest absolute Gasteiger partial charge is 0.472 e. The van der Waals surface area contributed by atoms with Crippen LogP contribution < -0.4 is 0 Å². The molecule has 0 spiro atoms. The fourth-order valence-electron chi connectivity index (χ4n) is 10.8. The van der Waals surface area contributed by atoms with E-state index in [1.165, 1.54) is 161 Å². The molecule has 0 rings (SSSR count). The molecule has 0 aliphatic heterocycles. The lowest BCUT2D eigenvalue weighted by Gasteiger charge is -2.21.